The average molecular weight is 441 g/mol. The highest BCUT2D eigenvalue weighted by molar-refractivity contribution is 5.97. The van der Waals surface area contributed by atoms with Gasteiger partial charge in [-0.05, 0) is 68.0 Å². The number of hydrogen-bond acceptors (Lipinski definition) is 6. The summed E-state index contributed by atoms with van der Waals surface area (Å²) in [5.74, 6) is 1.72. The van der Waals surface area contributed by atoms with E-state index in [9.17, 15) is 5.11 Å². The Balaban J connectivity index is 2.37. The van der Waals surface area contributed by atoms with E-state index < -0.39 is 6.10 Å². The molecule has 32 heavy (non-hydrogen) atoms. The van der Waals surface area contributed by atoms with Gasteiger partial charge in [-0.3, -0.25) is 4.98 Å². The summed E-state index contributed by atoms with van der Waals surface area (Å²) in [6.07, 6.45) is 0.722. The minimum Gasteiger partial charge on any atom is -0.490 e. The van der Waals surface area contributed by atoms with Gasteiger partial charge < -0.3 is 19.7 Å². The van der Waals surface area contributed by atoms with Crippen LogP contribution in [-0.4, -0.2) is 47.5 Å². The van der Waals surface area contributed by atoms with Crippen molar-refractivity contribution in [2.24, 2.45) is 10.9 Å². The number of pyridine rings is 1. The van der Waals surface area contributed by atoms with Crippen molar-refractivity contribution in [3.8, 4) is 5.75 Å². The standard InChI is InChI=1S/C26H36N2O4/c1-8-20-12-21(10-17(4)25(20)32-15-24(30)14-29)19(6)28-26(31-7)22-11-18(5)27-23(13-22)9-16(2)3/h10-13,16,24,29-30H,6,8-9,14-15H2,1-5,7H3. The highest BCUT2D eigenvalue weighted by atomic mass is 16.5. The number of aliphatic hydroxyl groups excluding tert-OH is 2. The molecule has 0 aliphatic heterocycles. The third-order valence-electron chi connectivity index (χ3n) is 5.00. The number of rotatable bonds is 10. The number of aryl methyl sites for hydroxylation is 3. The van der Waals surface area contributed by atoms with Gasteiger partial charge in [0.25, 0.3) is 0 Å². The molecule has 0 amide bonds. The molecule has 1 atom stereocenters. The van der Waals surface area contributed by atoms with Gasteiger partial charge in [-0.25, -0.2) is 4.99 Å². The van der Waals surface area contributed by atoms with Crippen LogP contribution in [0.3, 0.4) is 0 Å². The number of aliphatic hydroxyl groups is 2. The Bertz CT molecular complexity index is 967. The molecule has 174 valence electrons. The third kappa shape index (κ3) is 6.90. The van der Waals surface area contributed by atoms with Gasteiger partial charge in [-0.15, -0.1) is 0 Å². The Labute approximate surface area is 191 Å². The zero-order valence-electron chi connectivity index (χ0n) is 20.1. The quantitative estimate of drug-likeness (QED) is 0.426. The maximum atomic E-state index is 9.61. The summed E-state index contributed by atoms with van der Waals surface area (Å²) >= 11 is 0. The molecule has 1 heterocycles. The number of aliphatic imine (C=N–C) groups is 1. The highest BCUT2D eigenvalue weighted by Gasteiger charge is 2.14. The van der Waals surface area contributed by atoms with Crippen molar-refractivity contribution in [2.75, 3.05) is 20.3 Å². The topological polar surface area (TPSA) is 84.2 Å². The molecule has 2 N–H and O–H groups in total. The smallest absolute Gasteiger partial charge is 0.221 e. The van der Waals surface area contributed by atoms with Gasteiger partial charge in [-0.1, -0.05) is 27.4 Å². The second kappa shape index (κ2) is 11.8. The number of ether oxygens (including phenoxy) is 2. The Kier molecular flexibility index (Phi) is 9.42. The lowest BCUT2D eigenvalue weighted by Crippen LogP contribution is -2.22. The fraction of sp³-hybridized carbons (Fsp3) is 0.462. The van der Waals surface area contributed by atoms with Crippen molar-refractivity contribution >= 4 is 11.6 Å². The Morgan fingerprint density at radius 3 is 2.47 bits per heavy atom. The number of benzene rings is 1. The molecule has 0 saturated carbocycles. The van der Waals surface area contributed by atoms with E-state index in [-0.39, 0.29) is 13.2 Å². The van der Waals surface area contributed by atoms with Gasteiger partial charge >= 0.3 is 0 Å². The summed E-state index contributed by atoms with van der Waals surface area (Å²) < 4.78 is 11.4. The molecule has 0 aliphatic rings. The Morgan fingerprint density at radius 1 is 1.16 bits per heavy atom. The van der Waals surface area contributed by atoms with Crippen LogP contribution in [0.15, 0.2) is 35.8 Å². The summed E-state index contributed by atoms with van der Waals surface area (Å²) in [6.45, 7) is 14.2. The fourth-order valence-electron chi connectivity index (χ4n) is 3.51. The van der Waals surface area contributed by atoms with Crippen LogP contribution in [0.2, 0.25) is 0 Å². The normalized spacial score (nSPS) is 12.7. The molecule has 0 radical (unpaired) electrons. The Hall–Kier alpha value is -2.70. The molecule has 0 fully saturated rings. The summed E-state index contributed by atoms with van der Waals surface area (Å²) in [4.78, 5) is 9.32. The van der Waals surface area contributed by atoms with E-state index in [2.05, 4.69) is 30.4 Å². The van der Waals surface area contributed by atoms with Gasteiger partial charge in [0, 0.05) is 22.5 Å². The van der Waals surface area contributed by atoms with Gasteiger partial charge in [-0.2, -0.15) is 0 Å². The molecule has 1 aromatic heterocycles. The lowest BCUT2D eigenvalue weighted by molar-refractivity contribution is 0.0531. The van der Waals surface area contributed by atoms with Crippen LogP contribution in [0.25, 0.3) is 5.70 Å². The van der Waals surface area contributed by atoms with Crippen LogP contribution in [0.1, 0.15) is 54.4 Å². The first-order valence-corrected chi connectivity index (χ1v) is 11.0. The molecule has 0 spiro atoms. The number of nitrogens with zero attached hydrogens (tertiary/aromatic N) is 2. The summed E-state index contributed by atoms with van der Waals surface area (Å²) in [5.41, 5.74) is 6.17. The van der Waals surface area contributed by atoms with E-state index in [1.807, 2.05) is 45.0 Å². The molecule has 2 aromatic rings. The van der Waals surface area contributed by atoms with Crippen LogP contribution >= 0.6 is 0 Å². The van der Waals surface area contributed by atoms with E-state index in [0.29, 0.717) is 17.5 Å². The monoisotopic (exact) mass is 440 g/mol. The van der Waals surface area contributed by atoms with Crippen molar-refractivity contribution in [1.82, 2.24) is 4.98 Å². The third-order valence-corrected chi connectivity index (χ3v) is 5.00. The first-order chi connectivity index (χ1) is 15.2. The predicted molar refractivity (Wildman–Crippen MR) is 129 cm³/mol. The zero-order chi connectivity index (χ0) is 23.8. The molecule has 6 heteroatoms. The van der Waals surface area contributed by atoms with E-state index in [1.165, 1.54) is 0 Å². The van der Waals surface area contributed by atoms with Crippen molar-refractivity contribution < 1.29 is 19.7 Å². The van der Waals surface area contributed by atoms with E-state index in [0.717, 1.165) is 52.2 Å². The van der Waals surface area contributed by atoms with Crippen LogP contribution in [0.5, 0.6) is 5.75 Å². The maximum absolute atomic E-state index is 9.61. The molecule has 0 bridgehead atoms. The van der Waals surface area contributed by atoms with Crippen molar-refractivity contribution in [2.45, 2.75) is 53.6 Å². The van der Waals surface area contributed by atoms with Gasteiger partial charge in [0.05, 0.1) is 19.4 Å². The molecule has 1 aromatic carbocycles. The SMILES string of the molecule is C=C(N=C(OC)c1cc(C)nc(CC(C)C)c1)c1cc(C)c(OCC(O)CO)c(CC)c1. The van der Waals surface area contributed by atoms with Crippen molar-refractivity contribution in [3.05, 3.63) is 64.5 Å². The number of aromatic nitrogens is 1. The number of methoxy groups -OCH3 is 1. The molecule has 2 rings (SSSR count). The summed E-state index contributed by atoms with van der Waals surface area (Å²) in [7, 11) is 1.61. The van der Waals surface area contributed by atoms with Crippen LogP contribution in [-0.2, 0) is 17.6 Å². The fourth-order valence-corrected chi connectivity index (χ4v) is 3.51. The minimum absolute atomic E-state index is 0.0384. The first kappa shape index (κ1) is 25.6. The zero-order valence-corrected chi connectivity index (χ0v) is 20.1. The van der Waals surface area contributed by atoms with Crippen LogP contribution < -0.4 is 4.74 Å². The highest BCUT2D eigenvalue weighted by Crippen LogP contribution is 2.29. The second-order valence-corrected chi connectivity index (χ2v) is 8.44. The van der Waals surface area contributed by atoms with E-state index in [1.54, 1.807) is 7.11 Å². The van der Waals surface area contributed by atoms with Gasteiger partial charge in [0.1, 0.15) is 18.5 Å². The van der Waals surface area contributed by atoms with Gasteiger partial charge in [0.15, 0.2) is 0 Å². The maximum Gasteiger partial charge on any atom is 0.221 e. The molecule has 0 aliphatic carbocycles. The first-order valence-electron chi connectivity index (χ1n) is 11.0. The molecule has 1 unspecified atom stereocenters. The molecular weight excluding hydrogens is 404 g/mol. The average Bonchev–Trinajstić information content (AvgIpc) is 2.74. The largest absolute Gasteiger partial charge is 0.490 e. The van der Waals surface area contributed by atoms with Crippen molar-refractivity contribution in [1.29, 1.82) is 0 Å². The predicted octanol–water partition coefficient (Wildman–Crippen LogP) is 4.26. The van der Waals surface area contributed by atoms with Crippen molar-refractivity contribution in [3.63, 3.8) is 0 Å². The van der Waals surface area contributed by atoms with Crippen LogP contribution in [0.4, 0.5) is 0 Å². The molecule has 0 saturated heterocycles. The number of hydrogen-bond donors (Lipinski definition) is 2. The Morgan fingerprint density at radius 2 is 1.88 bits per heavy atom. The second-order valence-electron chi connectivity index (χ2n) is 8.44. The lowest BCUT2D eigenvalue weighted by Gasteiger charge is -2.17. The van der Waals surface area contributed by atoms with Gasteiger partial charge in [0.2, 0.25) is 5.90 Å². The van der Waals surface area contributed by atoms with Crippen LogP contribution in [0, 0.1) is 19.8 Å². The van der Waals surface area contributed by atoms with E-state index >= 15 is 0 Å². The lowest BCUT2D eigenvalue weighted by atomic mass is 10.0. The summed E-state index contributed by atoms with van der Waals surface area (Å²) in [6, 6.07) is 7.94. The molecular formula is C26H36N2O4. The summed E-state index contributed by atoms with van der Waals surface area (Å²) in [5, 5.41) is 18.6. The molecule has 6 nitrogen and oxygen atoms in total. The van der Waals surface area contributed by atoms with E-state index in [4.69, 9.17) is 14.6 Å². The minimum atomic E-state index is -0.910.